The number of rotatable bonds is 3. The van der Waals surface area contributed by atoms with Gasteiger partial charge in [0.05, 0.1) is 6.42 Å². The summed E-state index contributed by atoms with van der Waals surface area (Å²) in [5, 5.41) is 11.9. The van der Waals surface area contributed by atoms with E-state index in [1.165, 1.54) is 0 Å². The van der Waals surface area contributed by atoms with Gasteiger partial charge < -0.3 is 10.4 Å². The molecule has 0 aromatic heterocycles. The number of amides is 1. The molecule has 2 rings (SSSR count). The van der Waals surface area contributed by atoms with Crippen molar-refractivity contribution in [1.82, 2.24) is 0 Å². The van der Waals surface area contributed by atoms with Gasteiger partial charge in [0.1, 0.15) is 5.75 Å². The smallest absolute Gasteiger partial charge is 0.228 e. The number of hydrogen-bond acceptors (Lipinski definition) is 2. The van der Waals surface area contributed by atoms with Crippen LogP contribution < -0.4 is 5.32 Å². The molecule has 0 saturated heterocycles. The number of benzene rings is 2. The number of nitrogens with one attached hydrogen (secondary N) is 1. The van der Waals surface area contributed by atoms with Crippen LogP contribution in [0.15, 0.2) is 48.5 Å². The Balaban J connectivity index is 2.01. The first kappa shape index (κ1) is 12.2. The Morgan fingerprint density at radius 2 is 1.78 bits per heavy atom. The number of hydrogen-bond donors (Lipinski definition) is 2. The Kier molecular flexibility index (Phi) is 3.63. The van der Waals surface area contributed by atoms with Crippen LogP contribution in [0.4, 0.5) is 5.69 Å². The number of carbonyl (C=O) groups is 1. The van der Waals surface area contributed by atoms with Crippen molar-refractivity contribution in [2.75, 3.05) is 5.32 Å². The fourth-order valence-electron chi connectivity index (χ4n) is 1.73. The maximum Gasteiger partial charge on any atom is 0.228 e. The van der Waals surface area contributed by atoms with Crippen LogP contribution in [0.2, 0.25) is 0 Å². The first-order valence-corrected chi connectivity index (χ1v) is 5.78. The third-order valence-electron chi connectivity index (χ3n) is 2.76. The van der Waals surface area contributed by atoms with Crippen molar-refractivity contribution in [3.63, 3.8) is 0 Å². The van der Waals surface area contributed by atoms with Gasteiger partial charge in [-0.3, -0.25) is 4.79 Å². The highest BCUT2D eigenvalue weighted by atomic mass is 16.3. The molecule has 3 nitrogen and oxygen atoms in total. The molecule has 92 valence electrons. The molecule has 2 aromatic carbocycles. The van der Waals surface area contributed by atoms with Gasteiger partial charge in [-0.25, -0.2) is 0 Å². The summed E-state index contributed by atoms with van der Waals surface area (Å²) in [6.07, 6.45) is 0.355. The number of anilines is 1. The topological polar surface area (TPSA) is 49.3 Å². The summed E-state index contributed by atoms with van der Waals surface area (Å²) in [7, 11) is 0. The van der Waals surface area contributed by atoms with Crippen molar-refractivity contribution in [2.45, 2.75) is 13.3 Å². The molecule has 0 aliphatic carbocycles. The Labute approximate surface area is 106 Å². The summed E-state index contributed by atoms with van der Waals surface area (Å²) in [5.74, 6) is 0.127. The Bertz CT molecular complexity index is 547. The number of aromatic hydroxyl groups is 1. The lowest BCUT2D eigenvalue weighted by Gasteiger charge is -2.07. The SMILES string of the molecule is Cc1ccccc1CC(=O)Nc1ccc(O)cc1. The second-order valence-electron chi connectivity index (χ2n) is 4.20. The van der Waals surface area contributed by atoms with Crippen molar-refractivity contribution in [1.29, 1.82) is 0 Å². The van der Waals surface area contributed by atoms with E-state index in [1.807, 2.05) is 31.2 Å². The third-order valence-corrected chi connectivity index (χ3v) is 2.76. The van der Waals surface area contributed by atoms with Crippen molar-refractivity contribution >= 4 is 11.6 Å². The number of aryl methyl sites for hydroxylation is 1. The average Bonchev–Trinajstić information content (AvgIpc) is 2.35. The van der Waals surface area contributed by atoms with Crippen LogP contribution in [-0.4, -0.2) is 11.0 Å². The first-order chi connectivity index (χ1) is 8.65. The number of phenols is 1. The second kappa shape index (κ2) is 5.36. The largest absolute Gasteiger partial charge is 0.508 e. The minimum Gasteiger partial charge on any atom is -0.508 e. The summed E-state index contributed by atoms with van der Waals surface area (Å²) >= 11 is 0. The monoisotopic (exact) mass is 241 g/mol. The molecule has 1 amide bonds. The molecule has 3 heteroatoms. The van der Waals surface area contributed by atoms with Crippen LogP contribution in [0, 0.1) is 6.92 Å². The Morgan fingerprint density at radius 3 is 2.44 bits per heavy atom. The fraction of sp³-hybridized carbons (Fsp3) is 0.133. The van der Waals surface area contributed by atoms with Gasteiger partial charge in [-0.1, -0.05) is 24.3 Å². The molecule has 0 spiro atoms. The van der Waals surface area contributed by atoms with Gasteiger partial charge in [-0.05, 0) is 42.3 Å². The highest BCUT2D eigenvalue weighted by Crippen LogP contribution is 2.14. The normalized spacial score (nSPS) is 10.1. The minimum absolute atomic E-state index is 0.0602. The molecule has 0 heterocycles. The van der Waals surface area contributed by atoms with E-state index in [4.69, 9.17) is 5.11 Å². The Morgan fingerprint density at radius 1 is 1.11 bits per heavy atom. The summed E-state index contributed by atoms with van der Waals surface area (Å²) < 4.78 is 0. The third kappa shape index (κ3) is 3.10. The highest BCUT2D eigenvalue weighted by molar-refractivity contribution is 5.92. The van der Waals surface area contributed by atoms with Crippen molar-refractivity contribution in [3.05, 3.63) is 59.7 Å². The molecule has 0 bridgehead atoms. The molecule has 0 aliphatic rings. The predicted octanol–water partition coefficient (Wildman–Crippen LogP) is 2.88. The van der Waals surface area contributed by atoms with Gasteiger partial charge in [-0.15, -0.1) is 0 Å². The summed E-state index contributed by atoms with van der Waals surface area (Å²) in [5.41, 5.74) is 2.82. The van der Waals surface area contributed by atoms with Gasteiger partial charge in [-0.2, -0.15) is 0 Å². The first-order valence-electron chi connectivity index (χ1n) is 5.78. The molecule has 0 unspecified atom stereocenters. The second-order valence-corrected chi connectivity index (χ2v) is 4.20. The van der Waals surface area contributed by atoms with E-state index in [-0.39, 0.29) is 11.7 Å². The van der Waals surface area contributed by atoms with E-state index in [0.717, 1.165) is 11.1 Å². The fourth-order valence-corrected chi connectivity index (χ4v) is 1.73. The molecule has 18 heavy (non-hydrogen) atoms. The van der Waals surface area contributed by atoms with E-state index < -0.39 is 0 Å². The lowest BCUT2D eigenvalue weighted by atomic mass is 10.1. The van der Waals surface area contributed by atoms with Crippen LogP contribution in [0.1, 0.15) is 11.1 Å². The average molecular weight is 241 g/mol. The van der Waals surface area contributed by atoms with E-state index in [0.29, 0.717) is 12.1 Å². The van der Waals surface area contributed by atoms with E-state index >= 15 is 0 Å². The van der Waals surface area contributed by atoms with Gasteiger partial charge in [0.2, 0.25) is 5.91 Å². The molecule has 0 fully saturated rings. The molecular weight excluding hydrogens is 226 g/mol. The number of phenolic OH excluding ortho intramolecular Hbond substituents is 1. The van der Waals surface area contributed by atoms with Crippen molar-refractivity contribution < 1.29 is 9.90 Å². The van der Waals surface area contributed by atoms with Crippen molar-refractivity contribution in [3.8, 4) is 5.75 Å². The molecule has 0 saturated carbocycles. The molecular formula is C15H15NO2. The van der Waals surface area contributed by atoms with Gasteiger partial charge in [0.15, 0.2) is 0 Å². The van der Waals surface area contributed by atoms with E-state index in [1.54, 1.807) is 24.3 Å². The van der Waals surface area contributed by atoms with Crippen LogP contribution >= 0.6 is 0 Å². The van der Waals surface area contributed by atoms with Gasteiger partial charge >= 0.3 is 0 Å². The van der Waals surface area contributed by atoms with Crippen LogP contribution in [-0.2, 0) is 11.2 Å². The molecule has 2 N–H and O–H groups in total. The highest BCUT2D eigenvalue weighted by Gasteiger charge is 2.05. The maximum atomic E-state index is 11.8. The van der Waals surface area contributed by atoms with Gasteiger partial charge in [0, 0.05) is 5.69 Å². The lowest BCUT2D eigenvalue weighted by molar-refractivity contribution is -0.115. The van der Waals surface area contributed by atoms with Crippen LogP contribution in [0.5, 0.6) is 5.75 Å². The predicted molar refractivity (Wildman–Crippen MR) is 71.6 cm³/mol. The molecule has 2 aromatic rings. The maximum absolute atomic E-state index is 11.8. The lowest BCUT2D eigenvalue weighted by Crippen LogP contribution is -2.14. The van der Waals surface area contributed by atoms with Crippen molar-refractivity contribution in [2.24, 2.45) is 0 Å². The molecule has 0 aliphatic heterocycles. The summed E-state index contributed by atoms with van der Waals surface area (Å²) in [6.45, 7) is 1.99. The van der Waals surface area contributed by atoms with Gasteiger partial charge in [0.25, 0.3) is 0 Å². The zero-order chi connectivity index (χ0) is 13.0. The summed E-state index contributed by atoms with van der Waals surface area (Å²) in [6, 6.07) is 14.3. The number of carbonyl (C=O) groups excluding carboxylic acids is 1. The van der Waals surface area contributed by atoms with E-state index in [9.17, 15) is 4.79 Å². The zero-order valence-corrected chi connectivity index (χ0v) is 10.2. The quantitative estimate of drug-likeness (QED) is 0.812. The minimum atomic E-state index is -0.0602. The van der Waals surface area contributed by atoms with Crippen LogP contribution in [0.3, 0.4) is 0 Å². The zero-order valence-electron chi connectivity index (χ0n) is 10.2. The summed E-state index contributed by atoms with van der Waals surface area (Å²) in [4.78, 5) is 11.8. The standard InChI is InChI=1S/C15H15NO2/c1-11-4-2-3-5-12(11)10-15(18)16-13-6-8-14(17)9-7-13/h2-9,17H,10H2,1H3,(H,16,18). The molecule has 0 radical (unpaired) electrons. The molecule has 0 atom stereocenters. The Hall–Kier alpha value is -2.29. The van der Waals surface area contributed by atoms with Crippen LogP contribution in [0.25, 0.3) is 0 Å². The van der Waals surface area contributed by atoms with E-state index in [2.05, 4.69) is 5.32 Å².